The van der Waals surface area contributed by atoms with Gasteiger partial charge in [0, 0.05) is 37.2 Å². The molecular formula is C18H23NO3. The fourth-order valence-electron chi connectivity index (χ4n) is 3.63. The number of nitrogens with zero attached hydrogens (tertiary/aromatic N) is 1. The average Bonchev–Trinajstić information content (AvgIpc) is 2.45. The first kappa shape index (κ1) is 15.1. The Balaban J connectivity index is 1.94. The molecule has 4 nitrogen and oxygen atoms in total. The van der Waals surface area contributed by atoms with E-state index in [1.54, 1.807) is 19.2 Å². The van der Waals surface area contributed by atoms with Gasteiger partial charge < -0.3 is 9.15 Å². The van der Waals surface area contributed by atoms with Gasteiger partial charge in [0.05, 0.1) is 7.11 Å². The van der Waals surface area contributed by atoms with Gasteiger partial charge in [-0.15, -0.1) is 0 Å². The van der Waals surface area contributed by atoms with E-state index in [0.29, 0.717) is 23.2 Å². The SMILES string of the molecule is COc1ccc2c(CN3C[C@H](C)C[C@H](C)C3)cc(=O)oc2c1. The number of hydrogen-bond acceptors (Lipinski definition) is 4. The van der Waals surface area contributed by atoms with Gasteiger partial charge >= 0.3 is 5.63 Å². The van der Waals surface area contributed by atoms with Crippen LogP contribution in [0.3, 0.4) is 0 Å². The molecular weight excluding hydrogens is 278 g/mol. The van der Waals surface area contributed by atoms with Crippen molar-refractivity contribution in [2.45, 2.75) is 26.8 Å². The second kappa shape index (κ2) is 6.13. The first-order valence-corrected chi connectivity index (χ1v) is 7.88. The molecule has 0 amide bonds. The van der Waals surface area contributed by atoms with E-state index < -0.39 is 0 Å². The fraction of sp³-hybridized carbons (Fsp3) is 0.500. The minimum absolute atomic E-state index is 0.297. The predicted octanol–water partition coefficient (Wildman–Crippen LogP) is 3.28. The lowest BCUT2D eigenvalue weighted by Crippen LogP contribution is -2.38. The molecule has 4 heteroatoms. The third kappa shape index (κ3) is 3.17. The molecule has 0 saturated carbocycles. The molecule has 0 radical (unpaired) electrons. The summed E-state index contributed by atoms with van der Waals surface area (Å²) < 4.78 is 10.5. The highest BCUT2D eigenvalue weighted by molar-refractivity contribution is 5.81. The molecule has 1 saturated heterocycles. The Morgan fingerprint density at radius 1 is 1.23 bits per heavy atom. The van der Waals surface area contributed by atoms with Gasteiger partial charge in [0.25, 0.3) is 0 Å². The second-order valence-electron chi connectivity index (χ2n) is 6.59. The van der Waals surface area contributed by atoms with Crippen LogP contribution in [0.25, 0.3) is 11.0 Å². The van der Waals surface area contributed by atoms with Gasteiger partial charge in [-0.3, -0.25) is 4.90 Å². The van der Waals surface area contributed by atoms with Crippen molar-refractivity contribution in [1.29, 1.82) is 0 Å². The van der Waals surface area contributed by atoms with Gasteiger partial charge in [0.2, 0.25) is 0 Å². The smallest absolute Gasteiger partial charge is 0.336 e. The van der Waals surface area contributed by atoms with E-state index in [4.69, 9.17) is 9.15 Å². The summed E-state index contributed by atoms with van der Waals surface area (Å²) in [6.45, 7) is 7.56. The quantitative estimate of drug-likeness (QED) is 0.816. The summed E-state index contributed by atoms with van der Waals surface area (Å²) >= 11 is 0. The normalized spacial score (nSPS) is 22.9. The predicted molar refractivity (Wildman–Crippen MR) is 87.3 cm³/mol. The van der Waals surface area contributed by atoms with Crippen LogP contribution in [0.2, 0.25) is 0 Å². The van der Waals surface area contributed by atoms with Crippen molar-refractivity contribution in [1.82, 2.24) is 4.90 Å². The van der Waals surface area contributed by atoms with E-state index in [2.05, 4.69) is 18.7 Å². The number of benzene rings is 1. The molecule has 2 aromatic rings. The third-order valence-electron chi connectivity index (χ3n) is 4.38. The number of hydrogen-bond donors (Lipinski definition) is 0. The summed E-state index contributed by atoms with van der Waals surface area (Å²) in [5.41, 5.74) is 1.34. The molecule has 2 heterocycles. The highest BCUT2D eigenvalue weighted by Gasteiger charge is 2.22. The van der Waals surface area contributed by atoms with Gasteiger partial charge in [-0.2, -0.15) is 0 Å². The minimum Gasteiger partial charge on any atom is -0.497 e. The van der Waals surface area contributed by atoms with Gasteiger partial charge in [-0.25, -0.2) is 4.79 Å². The summed E-state index contributed by atoms with van der Waals surface area (Å²) in [5, 5.41) is 0.992. The molecule has 0 spiro atoms. The maximum Gasteiger partial charge on any atom is 0.336 e. The number of methoxy groups -OCH3 is 1. The Hall–Kier alpha value is -1.81. The first-order valence-electron chi connectivity index (χ1n) is 7.88. The molecule has 22 heavy (non-hydrogen) atoms. The van der Waals surface area contributed by atoms with E-state index in [-0.39, 0.29) is 5.63 Å². The van der Waals surface area contributed by atoms with Crippen LogP contribution in [0, 0.1) is 11.8 Å². The van der Waals surface area contributed by atoms with Crippen molar-refractivity contribution in [2.24, 2.45) is 11.8 Å². The van der Waals surface area contributed by atoms with Crippen molar-refractivity contribution >= 4 is 11.0 Å². The van der Waals surface area contributed by atoms with Crippen molar-refractivity contribution < 1.29 is 9.15 Å². The summed E-state index contributed by atoms with van der Waals surface area (Å²) in [4.78, 5) is 14.3. The van der Waals surface area contributed by atoms with Crippen LogP contribution in [0.15, 0.2) is 33.5 Å². The topological polar surface area (TPSA) is 42.7 Å². The molecule has 1 aromatic heterocycles. The van der Waals surface area contributed by atoms with Crippen molar-refractivity contribution in [3.8, 4) is 5.75 Å². The van der Waals surface area contributed by atoms with Crippen LogP contribution in [0.4, 0.5) is 0 Å². The van der Waals surface area contributed by atoms with Crippen molar-refractivity contribution in [2.75, 3.05) is 20.2 Å². The molecule has 0 bridgehead atoms. The maximum absolute atomic E-state index is 11.8. The van der Waals surface area contributed by atoms with Crippen molar-refractivity contribution in [3.05, 3.63) is 40.2 Å². The number of ether oxygens (including phenoxy) is 1. The average molecular weight is 301 g/mol. The van der Waals surface area contributed by atoms with E-state index in [1.807, 2.05) is 12.1 Å². The van der Waals surface area contributed by atoms with Crippen LogP contribution >= 0.6 is 0 Å². The van der Waals surface area contributed by atoms with Gasteiger partial charge in [-0.1, -0.05) is 13.8 Å². The van der Waals surface area contributed by atoms with E-state index >= 15 is 0 Å². The lowest BCUT2D eigenvalue weighted by Gasteiger charge is -2.35. The monoisotopic (exact) mass is 301 g/mol. The van der Waals surface area contributed by atoms with Gasteiger partial charge in [0.1, 0.15) is 11.3 Å². The van der Waals surface area contributed by atoms with Crippen LogP contribution in [-0.4, -0.2) is 25.1 Å². The first-order chi connectivity index (χ1) is 10.5. The summed E-state index contributed by atoms with van der Waals surface area (Å²) in [5.74, 6) is 2.11. The van der Waals surface area contributed by atoms with E-state index in [0.717, 1.165) is 30.6 Å². The molecule has 0 N–H and O–H groups in total. The summed E-state index contributed by atoms with van der Waals surface area (Å²) in [7, 11) is 1.61. The number of rotatable bonds is 3. The number of fused-ring (bicyclic) bond motifs is 1. The number of likely N-dealkylation sites (tertiary alicyclic amines) is 1. The fourth-order valence-corrected chi connectivity index (χ4v) is 3.63. The second-order valence-corrected chi connectivity index (χ2v) is 6.59. The Bertz CT molecular complexity index is 712. The zero-order valence-electron chi connectivity index (χ0n) is 13.5. The lowest BCUT2D eigenvalue weighted by molar-refractivity contribution is 0.134. The van der Waals surface area contributed by atoms with E-state index in [9.17, 15) is 4.79 Å². The minimum atomic E-state index is -0.297. The molecule has 0 unspecified atom stereocenters. The van der Waals surface area contributed by atoms with Crippen LogP contribution in [0.5, 0.6) is 5.75 Å². The number of piperidine rings is 1. The summed E-state index contributed by atoms with van der Waals surface area (Å²) in [6.07, 6.45) is 1.28. The Labute approximate surface area is 130 Å². The highest BCUT2D eigenvalue weighted by atomic mass is 16.5. The van der Waals surface area contributed by atoms with Gasteiger partial charge in [0.15, 0.2) is 0 Å². The highest BCUT2D eigenvalue weighted by Crippen LogP contribution is 2.26. The molecule has 0 aliphatic carbocycles. The molecule has 1 fully saturated rings. The molecule has 118 valence electrons. The largest absolute Gasteiger partial charge is 0.497 e. The van der Waals surface area contributed by atoms with Crippen LogP contribution < -0.4 is 10.4 Å². The standard InChI is InChI=1S/C18H23NO3/c1-12-6-13(2)10-19(9-12)11-14-7-18(20)22-17-8-15(21-3)4-5-16(14)17/h4-5,7-8,12-13H,6,9-11H2,1-3H3/t12-,13+. The Kier molecular flexibility index (Phi) is 4.21. The molecule has 1 aliphatic rings. The lowest BCUT2D eigenvalue weighted by atomic mass is 9.91. The Morgan fingerprint density at radius 2 is 1.95 bits per heavy atom. The molecule has 1 aliphatic heterocycles. The van der Waals surface area contributed by atoms with Crippen LogP contribution in [0.1, 0.15) is 25.8 Å². The Morgan fingerprint density at radius 3 is 2.64 bits per heavy atom. The summed E-state index contributed by atoms with van der Waals surface area (Å²) in [6, 6.07) is 7.29. The maximum atomic E-state index is 11.8. The molecule has 2 atom stereocenters. The van der Waals surface area contributed by atoms with Gasteiger partial charge in [-0.05, 0) is 36.0 Å². The zero-order valence-corrected chi connectivity index (χ0v) is 13.5. The molecule has 3 rings (SSSR count). The molecule has 1 aromatic carbocycles. The van der Waals surface area contributed by atoms with E-state index in [1.165, 1.54) is 6.42 Å². The van der Waals surface area contributed by atoms with Crippen LogP contribution in [-0.2, 0) is 6.54 Å². The van der Waals surface area contributed by atoms with Crippen molar-refractivity contribution in [3.63, 3.8) is 0 Å². The zero-order chi connectivity index (χ0) is 15.7. The third-order valence-corrected chi connectivity index (χ3v) is 4.38.